The average molecular weight is 302 g/mol. The summed E-state index contributed by atoms with van der Waals surface area (Å²) in [5, 5.41) is 9.26. The van der Waals surface area contributed by atoms with Crippen LogP contribution < -0.4 is 10.6 Å². The minimum atomic E-state index is -0.174. The lowest BCUT2D eigenvalue weighted by atomic mass is 10.1. The van der Waals surface area contributed by atoms with Crippen molar-refractivity contribution in [1.82, 2.24) is 20.8 Å². The molecule has 1 heterocycles. The first-order valence-corrected chi connectivity index (χ1v) is 6.94. The molecule has 2 N–H and O–H groups in total. The number of nitrogens with zero attached hydrogens (tertiary/aromatic N) is 2. The molecule has 0 spiro atoms. The topological polar surface area (TPSA) is 97.1 Å². The first kappa shape index (κ1) is 15.7. The molecule has 2 amide bonds. The van der Waals surface area contributed by atoms with E-state index in [2.05, 4.69) is 20.8 Å². The number of benzene rings is 1. The highest BCUT2D eigenvalue weighted by molar-refractivity contribution is 5.95. The number of nitrogens with one attached hydrogen (secondary N) is 2. The van der Waals surface area contributed by atoms with Gasteiger partial charge in [0, 0.05) is 24.1 Å². The molecule has 1 aromatic heterocycles. The smallest absolute Gasteiger partial charge is 0.251 e. The van der Waals surface area contributed by atoms with Crippen LogP contribution in [0.25, 0.3) is 11.4 Å². The van der Waals surface area contributed by atoms with E-state index >= 15 is 0 Å². The zero-order chi connectivity index (χ0) is 16.1. The summed E-state index contributed by atoms with van der Waals surface area (Å²) in [6, 6.07) is 7.03. The average Bonchev–Trinajstić information content (AvgIpc) is 2.93. The van der Waals surface area contributed by atoms with E-state index in [0.717, 1.165) is 0 Å². The van der Waals surface area contributed by atoms with E-state index in [9.17, 15) is 9.59 Å². The predicted molar refractivity (Wildman–Crippen MR) is 79.9 cm³/mol. The molecule has 7 nitrogen and oxygen atoms in total. The van der Waals surface area contributed by atoms with E-state index in [0.29, 0.717) is 22.8 Å². The molecule has 22 heavy (non-hydrogen) atoms. The third-order valence-corrected chi connectivity index (χ3v) is 2.76. The first-order chi connectivity index (χ1) is 10.5. The van der Waals surface area contributed by atoms with Gasteiger partial charge in [0.2, 0.25) is 17.6 Å². The molecule has 0 saturated carbocycles. The number of hydrogen-bond donors (Lipinski definition) is 2. The highest BCUT2D eigenvalue weighted by Crippen LogP contribution is 2.17. The van der Waals surface area contributed by atoms with Crippen LogP contribution in [-0.2, 0) is 11.3 Å². The molecule has 0 unspecified atom stereocenters. The Hall–Kier alpha value is -2.70. The van der Waals surface area contributed by atoms with Crippen LogP contribution >= 0.6 is 0 Å². The van der Waals surface area contributed by atoms with E-state index in [1.807, 2.05) is 13.8 Å². The van der Waals surface area contributed by atoms with Gasteiger partial charge in [0.05, 0.1) is 6.54 Å². The van der Waals surface area contributed by atoms with Crippen LogP contribution in [0.5, 0.6) is 0 Å². The van der Waals surface area contributed by atoms with Crippen LogP contribution in [0.15, 0.2) is 28.8 Å². The number of carbonyl (C=O) groups excluding carboxylic acids is 2. The molecule has 0 aliphatic rings. The molecule has 1 aromatic carbocycles. The summed E-state index contributed by atoms with van der Waals surface area (Å²) in [4.78, 5) is 27.0. The van der Waals surface area contributed by atoms with E-state index in [4.69, 9.17) is 4.52 Å². The fourth-order valence-corrected chi connectivity index (χ4v) is 1.79. The Morgan fingerprint density at radius 3 is 2.77 bits per heavy atom. The molecule has 2 rings (SSSR count). The minimum absolute atomic E-state index is 0.0607. The van der Waals surface area contributed by atoms with Crippen LogP contribution in [0, 0.1) is 0 Å². The van der Waals surface area contributed by atoms with Crippen LogP contribution in [0.3, 0.4) is 0 Å². The van der Waals surface area contributed by atoms with Gasteiger partial charge in [-0.05, 0) is 26.0 Å². The highest BCUT2D eigenvalue weighted by atomic mass is 16.5. The Labute approximate surface area is 128 Å². The number of hydrogen-bond acceptors (Lipinski definition) is 5. The second kappa shape index (κ2) is 6.84. The van der Waals surface area contributed by atoms with Gasteiger partial charge in [-0.2, -0.15) is 4.98 Å². The standard InChI is InChI=1S/C15H18N4O3/c1-9(2)17-15(21)12-6-4-5-11(7-12)14-18-13(22-19-14)8-16-10(3)20/h4-7,9H,8H2,1-3H3,(H,16,20)(H,17,21). The van der Waals surface area contributed by atoms with Crippen molar-refractivity contribution in [2.45, 2.75) is 33.4 Å². The Balaban J connectivity index is 2.15. The van der Waals surface area contributed by atoms with Crippen LogP contribution in [0.2, 0.25) is 0 Å². The second-order valence-corrected chi connectivity index (χ2v) is 5.13. The van der Waals surface area contributed by atoms with Crippen LogP contribution in [0.1, 0.15) is 37.0 Å². The van der Waals surface area contributed by atoms with Crippen molar-refractivity contribution in [1.29, 1.82) is 0 Å². The number of rotatable bonds is 5. The second-order valence-electron chi connectivity index (χ2n) is 5.13. The molecule has 0 aliphatic heterocycles. The quantitative estimate of drug-likeness (QED) is 0.872. The van der Waals surface area contributed by atoms with Gasteiger partial charge in [-0.15, -0.1) is 0 Å². The van der Waals surface area contributed by atoms with Gasteiger partial charge in [-0.25, -0.2) is 0 Å². The van der Waals surface area contributed by atoms with Crippen molar-refractivity contribution in [3.8, 4) is 11.4 Å². The van der Waals surface area contributed by atoms with Gasteiger partial charge in [0.25, 0.3) is 5.91 Å². The summed E-state index contributed by atoms with van der Waals surface area (Å²) < 4.78 is 5.06. The summed E-state index contributed by atoms with van der Waals surface area (Å²) in [5.41, 5.74) is 1.20. The zero-order valence-corrected chi connectivity index (χ0v) is 12.7. The molecular formula is C15H18N4O3. The zero-order valence-electron chi connectivity index (χ0n) is 12.7. The first-order valence-electron chi connectivity index (χ1n) is 6.94. The van der Waals surface area contributed by atoms with Gasteiger partial charge < -0.3 is 15.2 Å². The van der Waals surface area contributed by atoms with E-state index in [-0.39, 0.29) is 24.4 Å². The maximum atomic E-state index is 12.0. The molecule has 2 aromatic rings. The van der Waals surface area contributed by atoms with E-state index < -0.39 is 0 Å². The van der Waals surface area contributed by atoms with Crippen molar-refractivity contribution in [3.63, 3.8) is 0 Å². The Kier molecular flexibility index (Phi) is 4.88. The Morgan fingerprint density at radius 2 is 2.09 bits per heavy atom. The van der Waals surface area contributed by atoms with Crippen molar-refractivity contribution < 1.29 is 14.1 Å². The lowest BCUT2D eigenvalue weighted by molar-refractivity contribution is -0.119. The van der Waals surface area contributed by atoms with Crippen LogP contribution in [0.4, 0.5) is 0 Å². The molecule has 7 heteroatoms. The maximum Gasteiger partial charge on any atom is 0.251 e. The van der Waals surface area contributed by atoms with E-state index in [1.165, 1.54) is 6.92 Å². The van der Waals surface area contributed by atoms with Crippen molar-refractivity contribution in [2.75, 3.05) is 0 Å². The fourth-order valence-electron chi connectivity index (χ4n) is 1.79. The molecule has 116 valence electrons. The number of amides is 2. The molecule has 0 fully saturated rings. The van der Waals surface area contributed by atoms with Crippen molar-refractivity contribution >= 4 is 11.8 Å². The Morgan fingerprint density at radius 1 is 1.32 bits per heavy atom. The molecule has 0 radical (unpaired) electrons. The third kappa shape index (κ3) is 4.15. The summed E-state index contributed by atoms with van der Waals surface area (Å²) >= 11 is 0. The normalized spacial score (nSPS) is 10.5. The predicted octanol–water partition coefficient (Wildman–Crippen LogP) is 1.51. The summed E-state index contributed by atoms with van der Waals surface area (Å²) in [6.07, 6.45) is 0. The van der Waals surface area contributed by atoms with Gasteiger partial charge >= 0.3 is 0 Å². The number of aromatic nitrogens is 2. The molecule has 0 atom stereocenters. The third-order valence-electron chi connectivity index (χ3n) is 2.76. The fraction of sp³-hybridized carbons (Fsp3) is 0.333. The van der Waals surface area contributed by atoms with Crippen LogP contribution in [-0.4, -0.2) is 28.0 Å². The highest BCUT2D eigenvalue weighted by Gasteiger charge is 2.12. The molecule has 0 aliphatic carbocycles. The monoisotopic (exact) mass is 302 g/mol. The lowest BCUT2D eigenvalue weighted by Crippen LogP contribution is -2.30. The van der Waals surface area contributed by atoms with Gasteiger partial charge in [-0.1, -0.05) is 17.3 Å². The lowest BCUT2D eigenvalue weighted by Gasteiger charge is -2.08. The van der Waals surface area contributed by atoms with Gasteiger partial charge in [-0.3, -0.25) is 9.59 Å². The molecule has 0 saturated heterocycles. The molecule has 0 bridgehead atoms. The number of carbonyl (C=O) groups is 2. The van der Waals surface area contributed by atoms with Crippen molar-refractivity contribution in [2.24, 2.45) is 0 Å². The summed E-state index contributed by atoms with van der Waals surface area (Å²) in [7, 11) is 0. The summed E-state index contributed by atoms with van der Waals surface area (Å²) in [6.45, 7) is 5.38. The Bertz CT molecular complexity index is 679. The SMILES string of the molecule is CC(=O)NCc1nc(-c2cccc(C(=O)NC(C)C)c2)no1. The molecular weight excluding hydrogens is 284 g/mol. The van der Waals surface area contributed by atoms with E-state index in [1.54, 1.807) is 24.3 Å². The van der Waals surface area contributed by atoms with Gasteiger partial charge in [0.1, 0.15) is 0 Å². The largest absolute Gasteiger partial charge is 0.350 e. The van der Waals surface area contributed by atoms with Crippen molar-refractivity contribution in [3.05, 3.63) is 35.7 Å². The minimum Gasteiger partial charge on any atom is -0.350 e. The maximum absolute atomic E-state index is 12.0. The summed E-state index contributed by atoms with van der Waals surface area (Å²) in [5.74, 6) is 0.354. The van der Waals surface area contributed by atoms with Gasteiger partial charge in [0.15, 0.2) is 0 Å².